The molecule has 0 saturated carbocycles. The highest BCUT2D eigenvalue weighted by molar-refractivity contribution is 5.06. The Kier molecular flexibility index (Phi) is 2.32. The minimum atomic E-state index is 0.872. The van der Waals surface area contributed by atoms with Gasteiger partial charge in [-0.2, -0.15) is 0 Å². The number of allylic oxidation sites excluding steroid dienone is 2. The average Bonchev–Trinajstić information content (AvgIpc) is 1.86. The van der Waals surface area contributed by atoms with Crippen LogP contribution in [0.15, 0.2) is 12.2 Å². The molecule has 0 aromatic rings. The van der Waals surface area contributed by atoms with E-state index in [-0.39, 0.29) is 0 Å². The van der Waals surface area contributed by atoms with E-state index in [4.69, 9.17) is 0 Å². The fourth-order valence-electron chi connectivity index (χ4n) is 1.29. The van der Waals surface area contributed by atoms with Crippen LogP contribution in [-0.4, -0.2) is 0 Å². The third-order valence-corrected chi connectivity index (χ3v) is 2.23. The Morgan fingerprint density at radius 1 is 1.33 bits per heavy atom. The molecule has 52 valence electrons. The number of hydrogen-bond acceptors (Lipinski definition) is 0. The predicted octanol–water partition coefficient (Wildman–Crippen LogP) is 3.00. The maximum absolute atomic E-state index is 2.35. The molecular formula is C9H16. The van der Waals surface area contributed by atoms with Gasteiger partial charge in [-0.25, -0.2) is 0 Å². The van der Waals surface area contributed by atoms with Gasteiger partial charge >= 0.3 is 0 Å². The van der Waals surface area contributed by atoms with Crippen LogP contribution in [0.2, 0.25) is 0 Å². The highest BCUT2D eigenvalue weighted by atomic mass is 14.2. The van der Waals surface area contributed by atoms with Crippen LogP contribution in [0.3, 0.4) is 0 Å². The van der Waals surface area contributed by atoms with Crippen LogP contribution in [0.5, 0.6) is 0 Å². The molecule has 1 rings (SSSR count). The van der Waals surface area contributed by atoms with Crippen molar-refractivity contribution in [2.45, 2.75) is 33.1 Å². The minimum absolute atomic E-state index is 0.872. The van der Waals surface area contributed by atoms with Crippen molar-refractivity contribution in [1.29, 1.82) is 0 Å². The number of hydrogen-bond donors (Lipinski definition) is 0. The van der Waals surface area contributed by atoms with Gasteiger partial charge < -0.3 is 0 Å². The van der Waals surface area contributed by atoms with Crippen LogP contribution in [0.1, 0.15) is 33.1 Å². The van der Waals surface area contributed by atoms with Crippen LogP contribution >= 0.6 is 0 Å². The van der Waals surface area contributed by atoms with Gasteiger partial charge in [0.05, 0.1) is 0 Å². The monoisotopic (exact) mass is 124 g/mol. The second-order valence-corrected chi connectivity index (χ2v) is 3.05. The first-order valence-electron chi connectivity index (χ1n) is 4.03. The Morgan fingerprint density at radius 3 is 2.44 bits per heavy atom. The number of unbranched alkanes of at least 4 members (excludes halogenated alkanes) is 1. The summed E-state index contributed by atoms with van der Waals surface area (Å²) in [6.45, 7) is 4.56. The molecule has 1 aliphatic rings. The molecular weight excluding hydrogens is 108 g/mol. The van der Waals surface area contributed by atoms with E-state index in [0.717, 1.165) is 11.8 Å². The van der Waals surface area contributed by atoms with Crippen molar-refractivity contribution < 1.29 is 0 Å². The third-order valence-electron chi connectivity index (χ3n) is 2.23. The molecule has 2 atom stereocenters. The zero-order valence-corrected chi connectivity index (χ0v) is 6.43. The normalized spacial score (nSPS) is 32.2. The fraction of sp³-hybridized carbons (Fsp3) is 0.778. The SMILES string of the molecule is CCCCC1C=CC1C. The van der Waals surface area contributed by atoms with Crippen molar-refractivity contribution in [3.63, 3.8) is 0 Å². The van der Waals surface area contributed by atoms with E-state index >= 15 is 0 Å². The van der Waals surface area contributed by atoms with E-state index in [1.54, 1.807) is 0 Å². The topological polar surface area (TPSA) is 0 Å². The molecule has 0 aliphatic heterocycles. The van der Waals surface area contributed by atoms with Crippen LogP contribution in [-0.2, 0) is 0 Å². The minimum Gasteiger partial charge on any atom is -0.0848 e. The Labute approximate surface area is 58.0 Å². The fourth-order valence-corrected chi connectivity index (χ4v) is 1.29. The lowest BCUT2D eigenvalue weighted by Gasteiger charge is -2.25. The van der Waals surface area contributed by atoms with Crippen LogP contribution < -0.4 is 0 Å². The summed E-state index contributed by atoms with van der Waals surface area (Å²) >= 11 is 0. The van der Waals surface area contributed by atoms with Crippen molar-refractivity contribution in [3.05, 3.63) is 12.2 Å². The first-order valence-corrected chi connectivity index (χ1v) is 4.03. The van der Waals surface area contributed by atoms with Gasteiger partial charge in [-0.1, -0.05) is 38.8 Å². The molecule has 1 aliphatic carbocycles. The van der Waals surface area contributed by atoms with E-state index in [0.29, 0.717) is 0 Å². The first kappa shape index (κ1) is 6.85. The molecule has 0 amide bonds. The van der Waals surface area contributed by atoms with E-state index in [9.17, 15) is 0 Å². The molecule has 0 spiro atoms. The summed E-state index contributed by atoms with van der Waals surface area (Å²) in [5, 5.41) is 0. The van der Waals surface area contributed by atoms with E-state index in [2.05, 4.69) is 26.0 Å². The van der Waals surface area contributed by atoms with Crippen LogP contribution in [0.25, 0.3) is 0 Å². The van der Waals surface area contributed by atoms with Gasteiger partial charge in [0, 0.05) is 0 Å². The largest absolute Gasteiger partial charge is 0.0848 e. The number of rotatable bonds is 3. The molecule has 2 unspecified atom stereocenters. The lowest BCUT2D eigenvalue weighted by Crippen LogP contribution is -2.14. The van der Waals surface area contributed by atoms with Crippen molar-refractivity contribution >= 4 is 0 Å². The van der Waals surface area contributed by atoms with Gasteiger partial charge in [-0.15, -0.1) is 0 Å². The molecule has 0 N–H and O–H groups in total. The van der Waals surface area contributed by atoms with Gasteiger partial charge in [0.1, 0.15) is 0 Å². The summed E-state index contributed by atoms with van der Waals surface area (Å²) in [5.41, 5.74) is 0. The summed E-state index contributed by atoms with van der Waals surface area (Å²) in [5.74, 6) is 1.79. The smallest absolute Gasteiger partial charge is 0.0173 e. The molecule has 0 bridgehead atoms. The Bertz CT molecular complexity index is 103. The summed E-state index contributed by atoms with van der Waals surface area (Å²) in [6, 6.07) is 0. The van der Waals surface area contributed by atoms with Crippen LogP contribution in [0, 0.1) is 11.8 Å². The maximum atomic E-state index is 2.35. The summed E-state index contributed by atoms with van der Waals surface area (Å²) < 4.78 is 0. The summed E-state index contributed by atoms with van der Waals surface area (Å²) in [7, 11) is 0. The van der Waals surface area contributed by atoms with Crippen molar-refractivity contribution in [2.75, 3.05) is 0 Å². The second-order valence-electron chi connectivity index (χ2n) is 3.05. The highest BCUT2D eigenvalue weighted by Crippen LogP contribution is 2.28. The zero-order chi connectivity index (χ0) is 6.69. The van der Waals surface area contributed by atoms with Gasteiger partial charge in [-0.3, -0.25) is 0 Å². The Morgan fingerprint density at radius 2 is 2.11 bits per heavy atom. The predicted molar refractivity (Wildman–Crippen MR) is 41.3 cm³/mol. The molecule has 0 heteroatoms. The molecule has 0 radical (unpaired) electrons. The highest BCUT2D eigenvalue weighted by Gasteiger charge is 2.17. The molecule has 9 heavy (non-hydrogen) atoms. The lowest BCUT2D eigenvalue weighted by molar-refractivity contribution is 0.415. The molecule has 0 fully saturated rings. The van der Waals surface area contributed by atoms with Gasteiger partial charge in [0.15, 0.2) is 0 Å². The van der Waals surface area contributed by atoms with E-state index in [1.165, 1.54) is 19.3 Å². The van der Waals surface area contributed by atoms with Crippen molar-refractivity contribution in [3.8, 4) is 0 Å². The molecule has 0 aromatic carbocycles. The van der Waals surface area contributed by atoms with Crippen LogP contribution in [0.4, 0.5) is 0 Å². The Balaban J connectivity index is 2.08. The lowest BCUT2D eigenvalue weighted by atomic mass is 9.80. The molecule has 0 aromatic heterocycles. The molecule has 0 saturated heterocycles. The van der Waals surface area contributed by atoms with E-state index < -0.39 is 0 Å². The maximum Gasteiger partial charge on any atom is -0.0173 e. The van der Waals surface area contributed by atoms with Gasteiger partial charge in [0.2, 0.25) is 0 Å². The first-order chi connectivity index (χ1) is 4.34. The van der Waals surface area contributed by atoms with Crippen molar-refractivity contribution in [2.24, 2.45) is 11.8 Å². The van der Waals surface area contributed by atoms with Gasteiger partial charge in [-0.05, 0) is 18.3 Å². The van der Waals surface area contributed by atoms with E-state index in [1.807, 2.05) is 0 Å². The quantitative estimate of drug-likeness (QED) is 0.507. The summed E-state index contributed by atoms with van der Waals surface area (Å²) in [4.78, 5) is 0. The zero-order valence-electron chi connectivity index (χ0n) is 6.43. The standard InChI is InChI=1S/C9H16/c1-3-4-5-9-7-6-8(9)2/h6-9H,3-5H2,1-2H3. The average molecular weight is 124 g/mol. The summed E-state index contributed by atoms with van der Waals surface area (Å²) in [6.07, 6.45) is 8.81. The van der Waals surface area contributed by atoms with Gasteiger partial charge in [0.25, 0.3) is 0 Å². The molecule has 0 heterocycles. The van der Waals surface area contributed by atoms with Crippen molar-refractivity contribution in [1.82, 2.24) is 0 Å². The molecule has 0 nitrogen and oxygen atoms in total. The Hall–Kier alpha value is -0.260. The third kappa shape index (κ3) is 1.57. The second kappa shape index (κ2) is 3.05.